The molecule has 0 radical (unpaired) electrons. The molecule has 6 nitrogen and oxygen atoms in total. The van der Waals surface area contributed by atoms with E-state index in [9.17, 15) is 18.8 Å². The quantitative estimate of drug-likeness (QED) is 0.738. The normalized spacial score (nSPS) is 10.2. The predicted molar refractivity (Wildman–Crippen MR) is 65.3 cm³/mol. The number of amides is 3. The second-order valence-electron chi connectivity index (χ2n) is 3.24. The Morgan fingerprint density at radius 1 is 1.26 bits per heavy atom. The highest BCUT2D eigenvalue weighted by Crippen LogP contribution is 2.19. The monoisotopic (exact) mass is 286 g/mol. The molecule has 0 aromatic heterocycles. The van der Waals surface area contributed by atoms with Crippen LogP contribution >= 0.6 is 11.6 Å². The maximum Gasteiger partial charge on any atom is 0.328 e. The van der Waals surface area contributed by atoms with E-state index in [1.807, 2.05) is 0 Å². The third-order valence-corrected chi connectivity index (χ3v) is 2.03. The Labute approximate surface area is 111 Å². The number of benzene rings is 1. The van der Waals surface area contributed by atoms with Gasteiger partial charge < -0.3 is 10.4 Å². The summed E-state index contributed by atoms with van der Waals surface area (Å²) in [5, 5.41) is 12.3. The zero-order chi connectivity index (χ0) is 14.4. The summed E-state index contributed by atoms with van der Waals surface area (Å²) in [6, 6.07) is 2.49. The molecule has 0 aliphatic carbocycles. The number of halogens is 2. The molecule has 0 heterocycles. The van der Waals surface area contributed by atoms with Gasteiger partial charge in [0.15, 0.2) is 0 Å². The molecule has 8 heteroatoms. The third-order valence-electron chi connectivity index (χ3n) is 1.79. The van der Waals surface area contributed by atoms with Crippen LogP contribution < -0.4 is 10.6 Å². The summed E-state index contributed by atoms with van der Waals surface area (Å²) >= 11 is 5.61. The zero-order valence-corrected chi connectivity index (χ0v) is 10.1. The van der Waals surface area contributed by atoms with Crippen molar-refractivity contribution in [3.8, 4) is 0 Å². The molecule has 3 amide bonds. The van der Waals surface area contributed by atoms with Crippen LogP contribution in [0.15, 0.2) is 30.4 Å². The van der Waals surface area contributed by atoms with Gasteiger partial charge in [-0.1, -0.05) is 11.6 Å². The maximum atomic E-state index is 13.2. The fraction of sp³-hybridized carbons (Fsp3) is 0. The molecule has 0 spiro atoms. The van der Waals surface area contributed by atoms with Crippen LogP contribution in [0.4, 0.5) is 14.9 Å². The SMILES string of the molecule is O=C(O)/C=C/C(=O)NC(=O)Nc1cc(Cl)ccc1F. The Morgan fingerprint density at radius 2 is 1.95 bits per heavy atom. The fourth-order valence-electron chi connectivity index (χ4n) is 1.05. The van der Waals surface area contributed by atoms with Crippen molar-refractivity contribution in [2.45, 2.75) is 0 Å². The molecule has 100 valence electrons. The van der Waals surface area contributed by atoms with Crippen molar-refractivity contribution in [1.29, 1.82) is 0 Å². The summed E-state index contributed by atoms with van der Waals surface area (Å²) in [5.41, 5.74) is -0.208. The summed E-state index contributed by atoms with van der Waals surface area (Å²) in [5.74, 6) is -3.02. The first-order chi connectivity index (χ1) is 8.88. The summed E-state index contributed by atoms with van der Waals surface area (Å²) in [6.07, 6.45) is 1.21. The Morgan fingerprint density at radius 3 is 2.58 bits per heavy atom. The minimum Gasteiger partial charge on any atom is -0.478 e. The number of anilines is 1. The summed E-state index contributed by atoms with van der Waals surface area (Å²) in [4.78, 5) is 32.5. The number of urea groups is 1. The highest BCUT2D eigenvalue weighted by Gasteiger charge is 2.09. The van der Waals surface area contributed by atoms with Gasteiger partial charge in [-0.15, -0.1) is 0 Å². The maximum absolute atomic E-state index is 13.2. The first-order valence-electron chi connectivity index (χ1n) is 4.86. The van der Waals surface area contributed by atoms with Gasteiger partial charge in [0.25, 0.3) is 5.91 Å². The third kappa shape index (κ3) is 5.17. The van der Waals surface area contributed by atoms with Crippen molar-refractivity contribution in [1.82, 2.24) is 5.32 Å². The van der Waals surface area contributed by atoms with Crippen molar-refractivity contribution in [3.05, 3.63) is 41.2 Å². The number of carboxylic acid groups (broad SMARTS) is 1. The Bertz CT molecular complexity index is 560. The van der Waals surface area contributed by atoms with Crippen LogP contribution in [0.2, 0.25) is 5.02 Å². The van der Waals surface area contributed by atoms with Gasteiger partial charge in [-0.3, -0.25) is 10.1 Å². The lowest BCUT2D eigenvalue weighted by atomic mass is 10.3. The number of aliphatic carboxylic acids is 1. The molecule has 0 fully saturated rings. The number of nitrogens with one attached hydrogen (secondary N) is 2. The Balaban J connectivity index is 2.63. The van der Waals surface area contributed by atoms with E-state index in [0.717, 1.165) is 12.1 Å². The van der Waals surface area contributed by atoms with E-state index in [0.29, 0.717) is 12.2 Å². The molecule has 0 aliphatic heterocycles. The summed E-state index contributed by atoms with van der Waals surface area (Å²) < 4.78 is 13.2. The molecule has 0 atom stereocenters. The van der Waals surface area contributed by atoms with Gasteiger partial charge in [0.05, 0.1) is 5.69 Å². The number of rotatable bonds is 3. The van der Waals surface area contributed by atoms with Crippen molar-refractivity contribution in [3.63, 3.8) is 0 Å². The van der Waals surface area contributed by atoms with Crippen LogP contribution in [0.25, 0.3) is 0 Å². The van der Waals surface area contributed by atoms with Gasteiger partial charge in [0.2, 0.25) is 0 Å². The van der Waals surface area contributed by atoms with Crippen LogP contribution in [0, 0.1) is 5.82 Å². The molecule has 19 heavy (non-hydrogen) atoms. The number of carbonyl (C=O) groups excluding carboxylic acids is 2. The van der Waals surface area contributed by atoms with E-state index in [4.69, 9.17) is 16.7 Å². The summed E-state index contributed by atoms with van der Waals surface area (Å²) in [6.45, 7) is 0. The molecule has 1 aromatic rings. The highest BCUT2D eigenvalue weighted by molar-refractivity contribution is 6.30. The molecular weight excluding hydrogens is 279 g/mol. The van der Waals surface area contributed by atoms with Gasteiger partial charge in [-0.25, -0.2) is 14.0 Å². The lowest BCUT2D eigenvalue weighted by Gasteiger charge is -2.06. The average molecular weight is 287 g/mol. The topological polar surface area (TPSA) is 95.5 Å². The molecule has 3 N–H and O–H groups in total. The van der Waals surface area contributed by atoms with E-state index in [2.05, 4.69) is 5.32 Å². The van der Waals surface area contributed by atoms with E-state index in [1.54, 1.807) is 5.32 Å². The van der Waals surface area contributed by atoms with Gasteiger partial charge in [-0.05, 0) is 18.2 Å². The van der Waals surface area contributed by atoms with E-state index in [1.165, 1.54) is 6.07 Å². The van der Waals surface area contributed by atoms with E-state index in [-0.39, 0.29) is 10.7 Å². The lowest BCUT2D eigenvalue weighted by molar-refractivity contribution is -0.131. The number of imide groups is 1. The lowest BCUT2D eigenvalue weighted by Crippen LogP contribution is -2.33. The molecule has 1 aromatic carbocycles. The van der Waals surface area contributed by atoms with Crippen molar-refractivity contribution in [2.24, 2.45) is 0 Å². The number of carbonyl (C=O) groups is 3. The van der Waals surface area contributed by atoms with Crippen LogP contribution in [-0.4, -0.2) is 23.0 Å². The largest absolute Gasteiger partial charge is 0.478 e. The molecule has 1 rings (SSSR count). The highest BCUT2D eigenvalue weighted by atomic mass is 35.5. The van der Waals surface area contributed by atoms with Gasteiger partial charge in [-0.2, -0.15) is 0 Å². The Kier molecular flexibility index (Phi) is 5.01. The van der Waals surface area contributed by atoms with Gasteiger partial charge in [0, 0.05) is 17.2 Å². The van der Waals surface area contributed by atoms with Crippen LogP contribution in [0.1, 0.15) is 0 Å². The van der Waals surface area contributed by atoms with Crippen LogP contribution in [0.3, 0.4) is 0 Å². The molecule has 0 saturated heterocycles. The first kappa shape index (κ1) is 14.7. The van der Waals surface area contributed by atoms with E-state index >= 15 is 0 Å². The number of hydrogen-bond acceptors (Lipinski definition) is 3. The summed E-state index contributed by atoms with van der Waals surface area (Å²) in [7, 11) is 0. The van der Waals surface area contributed by atoms with Crippen LogP contribution in [0.5, 0.6) is 0 Å². The second-order valence-corrected chi connectivity index (χ2v) is 3.68. The van der Waals surface area contributed by atoms with Crippen molar-refractivity contribution < 1.29 is 23.9 Å². The zero-order valence-electron chi connectivity index (χ0n) is 9.31. The molecular formula is C11H8ClFN2O4. The minimum absolute atomic E-state index is 0.203. The van der Waals surface area contributed by atoms with Crippen molar-refractivity contribution >= 4 is 35.2 Å². The van der Waals surface area contributed by atoms with E-state index < -0.39 is 23.7 Å². The predicted octanol–water partition coefficient (Wildman–Crippen LogP) is 1.77. The second kappa shape index (κ2) is 6.50. The molecule has 0 aliphatic rings. The Hall–Kier alpha value is -2.41. The number of carboxylic acids is 1. The van der Waals surface area contributed by atoms with Gasteiger partial charge >= 0.3 is 12.0 Å². The molecule has 0 bridgehead atoms. The average Bonchev–Trinajstić information content (AvgIpc) is 2.31. The molecule has 0 saturated carbocycles. The standard InChI is InChI=1S/C11H8ClFN2O4/c12-6-1-2-7(13)8(5-6)14-11(19)15-9(16)3-4-10(17)18/h1-5H,(H,17,18)(H2,14,15,16,19)/b4-3+. The van der Waals surface area contributed by atoms with Crippen molar-refractivity contribution in [2.75, 3.05) is 5.32 Å². The van der Waals surface area contributed by atoms with Crippen LogP contribution in [-0.2, 0) is 9.59 Å². The first-order valence-corrected chi connectivity index (χ1v) is 5.24. The van der Waals surface area contributed by atoms with Gasteiger partial charge in [0.1, 0.15) is 5.82 Å². The minimum atomic E-state index is -1.34. The smallest absolute Gasteiger partial charge is 0.328 e. The molecule has 0 unspecified atom stereocenters. The number of hydrogen-bond donors (Lipinski definition) is 3. The fourth-order valence-corrected chi connectivity index (χ4v) is 1.22.